The lowest BCUT2D eigenvalue weighted by atomic mass is 10.1. The number of hydrogen-bond donors (Lipinski definition) is 1. The van der Waals surface area contributed by atoms with Crippen LogP contribution >= 0.6 is 0 Å². The number of para-hydroxylation sites is 1. The minimum Gasteiger partial charge on any atom is -0.343 e. The van der Waals surface area contributed by atoms with Crippen molar-refractivity contribution in [3.05, 3.63) is 84.3 Å². The maximum atomic E-state index is 13.2. The van der Waals surface area contributed by atoms with Gasteiger partial charge >= 0.3 is 0 Å². The Morgan fingerprint density at radius 3 is 2.52 bits per heavy atom. The third kappa shape index (κ3) is 4.41. The van der Waals surface area contributed by atoms with E-state index in [4.69, 9.17) is 0 Å². The van der Waals surface area contributed by atoms with Gasteiger partial charge in [0.2, 0.25) is 5.91 Å². The van der Waals surface area contributed by atoms with Crippen molar-refractivity contribution in [2.75, 3.05) is 17.3 Å². The molecule has 5 heteroatoms. The number of carbonyl (C=O) groups is 1. The number of hydrogen-bond acceptors (Lipinski definition) is 3. The molecule has 0 unspecified atom stereocenters. The van der Waals surface area contributed by atoms with E-state index in [-0.39, 0.29) is 18.1 Å². The summed E-state index contributed by atoms with van der Waals surface area (Å²) < 4.78 is 13.2. The first-order valence-electron chi connectivity index (χ1n) is 7.91. The zero-order valence-corrected chi connectivity index (χ0v) is 13.8. The molecule has 25 heavy (non-hydrogen) atoms. The van der Waals surface area contributed by atoms with Gasteiger partial charge in [0.15, 0.2) is 0 Å². The second-order valence-corrected chi connectivity index (χ2v) is 5.65. The number of aromatic nitrogens is 1. The Hall–Kier alpha value is -3.21. The molecule has 0 fully saturated rings. The molecule has 1 N–H and O–H groups in total. The normalized spacial score (nSPS) is 10.3. The molecule has 126 valence electrons. The SMILES string of the molecule is CN(c1ccccc1)c1ccc(NC(=O)Cc2cccc(F)c2)nc1. The summed E-state index contributed by atoms with van der Waals surface area (Å²) in [5.74, 6) is -0.120. The highest BCUT2D eigenvalue weighted by molar-refractivity contribution is 5.91. The summed E-state index contributed by atoms with van der Waals surface area (Å²) in [4.78, 5) is 18.3. The molecule has 0 saturated heterocycles. The van der Waals surface area contributed by atoms with E-state index in [2.05, 4.69) is 10.3 Å². The van der Waals surface area contributed by atoms with Crippen molar-refractivity contribution in [1.82, 2.24) is 4.98 Å². The molecule has 0 saturated carbocycles. The molecule has 0 bridgehead atoms. The predicted molar refractivity (Wildman–Crippen MR) is 97.5 cm³/mol. The molecule has 0 radical (unpaired) electrons. The smallest absolute Gasteiger partial charge is 0.229 e. The van der Waals surface area contributed by atoms with E-state index >= 15 is 0 Å². The van der Waals surface area contributed by atoms with Crippen LogP contribution in [-0.2, 0) is 11.2 Å². The average molecular weight is 335 g/mol. The summed E-state index contributed by atoms with van der Waals surface area (Å²) in [6, 6.07) is 19.6. The summed E-state index contributed by atoms with van der Waals surface area (Å²) in [7, 11) is 1.95. The van der Waals surface area contributed by atoms with Gasteiger partial charge in [-0.3, -0.25) is 4.79 Å². The molecule has 1 heterocycles. The van der Waals surface area contributed by atoms with Crippen molar-refractivity contribution in [2.24, 2.45) is 0 Å². The molecule has 0 aliphatic carbocycles. The Kier molecular flexibility index (Phi) is 5.04. The van der Waals surface area contributed by atoms with Crippen LogP contribution < -0.4 is 10.2 Å². The minimum absolute atomic E-state index is 0.102. The Morgan fingerprint density at radius 1 is 1.04 bits per heavy atom. The van der Waals surface area contributed by atoms with Gasteiger partial charge in [-0.25, -0.2) is 9.37 Å². The third-order valence-electron chi connectivity index (χ3n) is 3.80. The van der Waals surface area contributed by atoms with Crippen LogP contribution in [0.1, 0.15) is 5.56 Å². The Morgan fingerprint density at radius 2 is 1.84 bits per heavy atom. The monoisotopic (exact) mass is 335 g/mol. The molecule has 4 nitrogen and oxygen atoms in total. The van der Waals surface area contributed by atoms with Crippen LogP contribution in [0.25, 0.3) is 0 Å². The zero-order valence-electron chi connectivity index (χ0n) is 13.8. The fraction of sp³-hybridized carbons (Fsp3) is 0.100. The molecule has 1 amide bonds. The van der Waals surface area contributed by atoms with Crippen LogP contribution in [0.3, 0.4) is 0 Å². The molecule has 1 aromatic heterocycles. The number of halogens is 1. The third-order valence-corrected chi connectivity index (χ3v) is 3.80. The van der Waals surface area contributed by atoms with Gasteiger partial charge in [-0.15, -0.1) is 0 Å². The van der Waals surface area contributed by atoms with Crippen LogP contribution in [0.15, 0.2) is 72.9 Å². The van der Waals surface area contributed by atoms with Gasteiger partial charge in [-0.1, -0.05) is 30.3 Å². The lowest BCUT2D eigenvalue weighted by Crippen LogP contribution is -2.16. The van der Waals surface area contributed by atoms with E-state index < -0.39 is 0 Å². The van der Waals surface area contributed by atoms with Crippen LogP contribution in [-0.4, -0.2) is 17.9 Å². The van der Waals surface area contributed by atoms with E-state index in [1.807, 2.05) is 48.3 Å². The summed E-state index contributed by atoms with van der Waals surface area (Å²) in [6.07, 6.45) is 1.80. The van der Waals surface area contributed by atoms with Crippen molar-refractivity contribution in [3.8, 4) is 0 Å². The first-order chi connectivity index (χ1) is 12.1. The summed E-state index contributed by atoms with van der Waals surface area (Å²) in [5, 5.41) is 2.72. The standard InChI is InChI=1S/C20H18FN3O/c1-24(17-8-3-2-4-9-17)18-10-11-19(22-14-18)23-20(25)13-15-6-5-7-16(21)12-15/h2-12,14H,13H2,1H3,(H,22,23,25). The lowest BCUT2D eigenvalue weighted by Gasteiger charge is -2.19. The lowest BCUT2D eigenvalue weighted by molar-refractivity contribution is -0.115. The summed E-state index contributed by atoms with van der Waals surface area (Å²) in [5.41, 5.74) is 2.58. The highest BCUT2D eigenvalue weighted by atomic mass is 19.1. The van der Waals surface area contributed by atoms with E-state index in [1.165, 1.54) is 12.1 Å². The van der Waals surface area contributed by atoms with Crippen molar-refractivity contribution in [2.45, 2.75) is 6.42 Å². The van der Waals surface area contributed by atoms with E-state index in [9.17, 15) is 9.18 Å². The van der Waals surface area contributed by atoms with Crippen LogP contribution in [0.2, 0.25) is 0 Å². The molecule has 0 aliphatic heterocycles. The van der Waals surface area contributed by atoms with E-state index in [0.717, 1.165) is 11.4 Å². The number of amides is 1. The van der Waals surface area contributed by atoms with Crippen molar-refractivity contribution in [3.63, 3.8) is 0 Å². The summed E-state index contributed by atoms with van der Waals surface area (Å²) >= 11 is 0. The second-order valence-electron chi connectivity index (χ2n) is 5.65. The summed E-state index contributed by atoms with van der Waals surface area (Å²) in [6.45, 7) is 0. The quantitative estimate of drug-likeness (QED) is 0.761. The Labute approximate surface area is 145 Å². The molecule has 0 aliphatic rings. The van der Waals surface area contributed by atoms with Crippen LogP contribution in [0, 0.1) is 5.82 Å². The predicted octanol–water partition coefficient (Wildman–Crippen LogP) is 4.17. The number of nitrogens with zero attached hydrogens (tertiary/aromatic N) is 2. The van der Waals surface area contributed by atoms with Crippen LogP contribution in [0.5, 0.6) is 0 Å². The fourth-order valence-electron chi connectivity index (χ4n) is 2.48. The molecule has 3 aromatic rings. The van der Waals surface area contributed by atoms with Gasteiger partial charge in [0, 0.05) is 12.7 Å². The molecular formula is C20H18FN3O. The van der Waals surface area contributed by atoms with Crippen molar-refractivity contribution in [1.29, 1.82) is 0 Å². The van der Waals surface area contributed by atoms with Crippen molar-refractivity contribution < 1.29 is 9.18 Å². The van der Waals surface area contributed by atoms with Gasteiger partial charge in [0.25, 0.3) is 0 Å². The molecule has 0 spiro atoms. The molecule has 0 atom stereocenters. The second kappa shape index (κ2) is 7.57. The first-order valence-corrected chi connectivity index (χ1v) is 7.91. The molecular weight excluding hydrogens is 317 g/mol. The highest BCUT2D eigenvalue weighted by Crippen LogP contribution is 2.23. The number of benzene rings is 2. The maximum Gasteiger partial charge on any atom is 0.229 e. The number of nitrogens with one attached hydrogen (secondary N) is 1. The van der Waals surface area contributed by atoms with Gasteiger partial charge in [-0.05, 0) is 42.0 Å². The largest absolute Gasteiger partial charge is 0.343 e. The maximum absolute atomic E-state index is 13.2. The van der Waals surface area contributed by atoms with E-state index in [1.54, 1.807) is 24.4 Å². The Bertz CT molecular complexity index is 850. The number of rotatable bonds is 5. The van der Waals surface area contributed by atoms with Gasteiger partial charge in [0.1, 0.15) is 11.6 Å². The first kappa shape index (κ1) is 16.6. The van der Waals surface area contributed by atoms with E-state index in [0.29, 0.717) is 11.4 Å². The number of pyridine rings is 1. The number of anilines is 3. The van der Waals surface area contributed by atoms with Gasteiger partial charge < -0.3 is 10.2 Å². The highest BCUT2D eigenvalue weighted by Gasteiger charge is 2.07. The van der Waals surface area contributed by atoms with Gasteiger partial charge in [-0.2, -0.15) is 0 Å². The van der Waals surface area contributed by atoms with Gasteiger partial charge in [0.05, 0.1) is 18.3 Å². The minimum atomic E-state index is -0.350. The average Bonchev–Trinajstić information content (AvgIpc) is 2.62. The fourth-order valence-corrected chi connectivity index (χ4v) is 2.48. The topological polar surface area (TPSA) is 45.2 Å². The van der Waals surface area contributed by atoms with Crippen LogP contribution in [0.4, 0.5) is 21.6 Å². The zero-order chi connectivity index (χ0) is 17.6. The number of carbonyl (C=O) groups excluding carboxylic acids is 1. The molecule has 2 aromatic carbocycles. The molecule has 3 rings (SSSR count). The van der Waals surface area contributed by atoms with Crippen molar-refractivity contribution >= 4 is 23.1 Å². The Balaban J connectivity index is 1.63.